The Hall–Kier alpha value is -2.49. The highest BCUT2D eigenvalue weighted by molar-refractivity contribution is 6.38. The molecule has 0 radical (unpaired) electrons. The number of amides is 3. The largest absolute Gasteiger partial charge is 0.469 e. The van der Waals surface area contributed by atoms with Crippen LogP contribution in [-0.2, 0) is 28.7 Å². The maximum Gasteiger partial charge on any atom is 0.307 e. The molecule has 0 aromatic carbocycles. The van der Waals surface area contributed by atoms with Gasteiger partial charge in [0.2, 0.25) is 17.6 Å². The molecule has 1 heterocycles. The van der Waals surface area contributed by atoms with Crippen molar-refractivity contribution in [1.82, 2.24) is 20.9 Å². The molecular formula is C23H38N4O6. The van der Waals surface area contributed by atoms with Gasteiger partial charge in [-0.2, -0.15) is 0 Å². The number of nitrogens with zero attached hydrogens (tertiary/aromatic N) is 1. The molecule has 0 aromatic rings. The van der Waals surface area contributed by atoms with Crippen molar-refractivity contribution in [3.05, 3.63) is 0 Å². The van der Waals surface area contributed by atoms with Gasteiger partial charge in [-0.25, -0.2) is 0 Å². The number of carbonyl (C=O) groups excluding carboxylic acids is 5. The number of likely N-dealkylation sites (tertiary alicyclic amines) is 1. The average Bonchev–Trinajstić information content (AvgIpc) is 3.33. The van der Waals surface area contributed by atoms with Crippen molar-refractivity contribution in [2.45, 2.75) is 82.8 Å². The Bertz CT molecular complexity index is 722. The fourth-order valence-corrected chi connectivity index (χ4v) is 4.76. The summed E-state index contributed by atoms with van der Waals surface area (Å²) >= 11 is 0. The maximum absolute atomic E-state index is 13.3. The van der Waals surface area contributed by atoms with E-state index in [1.165, 1.54) is 13.5 Å². The van der Waals surface area contributed by atoms with E-state index in [0.717, 1.165) is 25.7 Å². The first-order valence-electron chi connectivity index (χ1n) is 12.0. The molecule has 186 valence electrons. The van der Waals surface area contributed by atoms with Crippen LogP contribution in [0.4, 0.5) is 0 Å². The minimum absolute atomic E-state index is 0.0287. The molecule has 10 nitrogen and oxygen atoms in total. The third-order valence-electron chi connectivity index (χ3n) is 6.64. The topological polar surface area (TPSA) is 134 Å². The average molecular weight is 467 g/mol. The molecule has 1 aliphatic carbocycles. The third kappa shape index (κ3) is 7.25. The van der Waals surface area contributed by atoms with Gasteiger partial charge in [0.05, 0.1) is 25.6 Å². The lowest BCUT2D eigenvalue weighted by molar-refractivity contribution is -0.144. The summed E-state index contributed by atoms with van der Waals surface area (Å²) in [7, 11) is 3.02. The summed E-state index contributed by atoms with van der Waals surface area (Å²) in [6.45, 7) is 2.17. The van der Waals surface area contributed by atoms with Gasteiger partial charge >= 0.3 is 5.97 Å². The maximum atomic E-state index is 13.3. The van der Waals surface area contributed by atoms with Crippen LogP contribution in [0.1, 0.15) is 64.7 Å². The first kappa shape index (κ1) is 26.8. The van der Waals surface area contributed by atoms with Gasteiger partial charge in [-0.1, -0.05) is 26.2 Å². The molecule has 1 saturated heterocycles. The van der Waals surface area contributed by atoms with E-state index >= 15 is 0 Å². The molecule has 10 heteroatoms. The van der Waals surface area contributed by atoms with Crippen LogP contribution in [0.3, 0.4) is 0 Å². The van der Waals surface area contributed by atoms with Gasteiger partial charge in [0.15, 0.2) is 0 Å². The zero-order valence-electron chi connectivity index (χ0n) is 20.0. The van der Waals surface area contributed by atoms with E-state index in [-0.39, 0.29) is 37.3 Å². The summed E-state index contributed by atoms with van der Waals surface area (Å²) in [5.41, 5.74) is 0. The number of likely N-dealkylation sites (N-methyl/N-ethyl adjacent to an activating group) is 1. The lowest BCUT2D eigenvalue weighted by Crippen LogP contribution is -2.56. The van der Waals surface area contributed by atoms with Crippen molar-refractivity contribution in [3.63, 3.8) is 0 Å². The zero-order valence-corrected chi connectivity index (χ0v) is 20.0. The van der Waals surface area contributed by atoms with Crippen LogP contribution in [0.25, 0.3) is 0 Å². The summed E-state index contributed by atoms with van der Waals surface area (Å²) in [5, 5.41) is 8.21. The van der Waals surface area contributed by atoms with E-state index in [1.807, 2.05) is 0 Å². The number of methoxy groups -OCH3 is 1. The lowest BCUT2D eigenvalue weighted by Gasteiger charge is -2.34. The first-order chi connectivity index (χ1) is 15.8. The zero-order chi connectivity index (χ0) is 24.4. The normalized spacial score (nSPS) is 20.6. The van der Waals surface area contributed by atoms with Gasteiger partial charge < -0.3 is 25.6 Å². The molecule has 2 aliphatic rings. The van der Waals surface area contributed by atoms with E-state index in [4.69, 9.17) is 0 Å². The van der Waals surface area contributed by atoms with E-state index < -0.39 is 35.7 Å². The molecule has 0 bridgehead atoms. The van der Waals surface area contributed by atoms with Crippen LogP contribution in [0, 0.1) is 5.92 Å². The molecule has 3 atom stereocenters. The molecule has 1 saturated carbocycles. The highest BCUT2D eigenvalue weighted by Gasteiger charge is 2.40. The van der Waals surface area contributed by atoms with Crippen molar-refractivity contribution in [2.24, 2.45) is 5.92 Å². The van der Waals surface area contributed by atoms with Crippen LogP contribution < -0.4 is 16.0 Å². The Morgan fingerprint density at radius 2 is 1.73 bits per heavy atom. The van der Waals surface area contributed by atoms with Crippen LogP contribution >= 0.6 is 0 Å². The second kappa shape index (κ2) is 13.3. The second-order valence-electron chi connectivity index (χ2n) is 8.77. The summed E-state index contributed by atoms with van der Waals surface area (Å²) in [6.07, 6.45) is 6.84. The fourth-order valence-electron chi connectivity index (χ4n) is 4.76. The lowest BCUT2D eigenvalue weighted by atomic mass is 9.83. The summed E-state index contributed by atoms with van der Waals surface area (Å²) < 4.78 is 4.49. The van der Waals surface area contributed by atoms with Gasteiger partial charge in [0, 0.05) is 13.1 Å². The minimum atomic E-state index is -0.994. The van der Waals surface area contributed by atoms with Gasteiger partial charge in [0.25, 0.3) is 5.91 Å². The SMILES string of the molecule is CCC(NC(=O)C1CCCN1C(=O)C(NC)C1CCCCC1)C(=O)C(=O)NCCC(=O)OC. The van der Waals surface area contributed by atoms with Crippen molar-refractivity contribution in [1.29, 1.82) is 0 Å². The molecule has 0 aromatic heterocycles. The van der Waals surface area contributed by atoms with Crippen molar-refractivity contribution < 1.29 is 28.7 Å². The van der Waals surface area contributed by atoms with Crippen LogP contribution in [0.15, 0.2) is 0 Å². The highest BCUT2D eigenvalue weighted by atomic mass is 16.5. The monoisotopic (exact) mass is 466 g/mol. The highest BCUT2D eigenvalue weighted by Crippen LogP contribution is 2.29. The number of hydrogen-bond donors (Lipinski definition) is 3. The second-order valence-corrected chi connectivity index (χ2v) is 8.77. The van der Waals surface area contributed by atoms with Crippen molar-refractivity contribution in [3.8, 4) is 0 Å². The molecule has 33 heavy (non-hydrogen) atoms. The van der Waals surface area contributed by atoms with Gasteiger partial charge in [-0.3, -0.25) is 24.0 Å². The molecule has 2 fully saturated rings. The molecule has 2 rings (SSSR count). The Morgan fingerprint density at radius 3 is 2.33 bits per heavy atom. The summed E-state index contributed by atoms with van der Waals surface area (Å²) in [6, 6.07) is -1.96. The standard InChI is InChI=1S/C23H38N4O6/c1-4-16(20(29)22(31)25-13-12-18(28)33-3)26-21(30)17-11-8-14-27(17)23(32)19(24-2)15-9-6-5-7-10-15/h15-17,19,24H,4-14H2,1-3H3,(H,25,31)(H,26,30). The number of nitrogens with one attached hydrogen (secondary N) is 3. The molecule has 1 aliphatic heterocycles. The van der Waals surface area contributed by atoms with E-state index in [0.29, 0.717) is 19.4 Å². The fraction of sp³-hybridized carbons (Fsp3) is 0.783. The Labute approximate surface area is 195 Å². The molecular weight excluding hydrogens is 428 g/mol. The Morgan fingerprint density at radius 1 is 1.03 bits per heavy atom. The number of ketones is 1. The molecule has 3 N–H and O–H groups in total. The van der Waals surface area contributed by atoms with Crippen LogP contribution in [-0.4, -0.2) is 79.7 Å². The number of carbonyl (C=O) groups is 5. The predicted octanol–water partition coefficient (Wildman–Crippen LogP) is 0.289. The number of ether oxygens (including phenoxy) is 1. The number of hydrogen-bond acceptors (Lipinski definition) is 7. The van der Waals surface area contributed by atoms with Crippen LogP contribution in [0.2, 0.25) is 0 Å². The summed E-state index contributed by atoms with van der Waals surface area (Å²) in [4.78, 5) is 63.8. The number of Topliss-reactive ketones (excluding diaryl/α,β-unsaturated/α-hetero) is 1. The molecule has 3 amide bonds. The molecule has 3 unspecified atom stereocenters. The molecule has 0 spiro atoms. The number of rotatable bonds is 11. The predicted molar refractivity (Wildman–Crippen MR) is 121 cm³/mol. The van der Waals surface area contributed by atoms with E-state index in [9.17, 15) is 24.0 Å². The van der Waals surface area contributed by atoms with Crippen LogP contribution in [0.5, 0.6) is 0 Å². The van der Waals surface area contributed by atoms with E-state index in [2.05, 4.69) is 20.7 Å². The van der Waals surface area contributed by atoms with Gasteiger partial charge in [-0.15, -0.1) is 0 Å². The quantitative estimate of drug-likeness (QED) is 0.294. The third-order valence-corrected chi connectivity index (χ3v) is 6.64. The number of esters is 1. The Balaban J connectivity index is 1.96. The van der Waals surface area contributed by atoms with Crippen molar-refractivity contribution >= 4 is 29.5 Å². The minimum Gasteiger partial charge on any atom is -0.469 e. The van der Waals surface area contributed by atoms with Gasteiger partial charge in [0.1, 0.15) is 6.04 Å². The van der Waals surface area contributed by atoms with Crippen molar-refractivity contribution in [2.75, 3.05) is 27.2 Å². The smallest absolute Gasteiger partial charge is 0.307 e. The first-order valence-corrected chi connectivity index (χ1v) is 12.0. The summed E-state index contributed by atoms with van der Waals surface area (Å²) in [5.74, 6) is -2.36. The Kier molecular flexibility index (Phi) is 10.8. The van der Waals surface area contributed by atoms with Gasteiger partial charge in [-0.05, 0) is 45.1 Å². The van der Waals surface area contributed by atoms with E-state index in [1.54, 1.807) is 18.9 Å².